The Balaban J connectivity index is 0.000000145. The molecule has 0 spiro atoms. The summed E-state index contributed by atoms with van der Waals surface area (Å²) >= 11 is 15.4. The van der Waals surface area contributed by atoms with Crippen LogP contribution in [0.25, 0.3) is 53.0 Å². The second-order valence-electron chi connectivity index (χ2n) is 20.5. The molecule has 6 N–H and O–H groups in total. The van der Waals surface area contributed by atoms with Crippen LogP contribution in [0.3, 0.4) is 0 Å². The molecule has 7 aromatic heterocycles. The number of nitrogens with one attached hydrogen (secondary N) is 3. The first-order valence-corrected chi connectivity index (χ1v) is 29.2. The number of hydrogen-bond acceptors (Lipinski definition) is 18. The largest absolute Gasteiger partial charge is 0.477 e. The Hall–Kier alpha value is -7.71. The number of aromatic nitrogens is 9. The highest BCUT2D eigenvalue weighted by Gasteiger charge is 2.22. The maximum Gasteiger partial charge on any atom is 0.435 e. The molecule has 1 atom stereocenters. The van der Waals surface area contributed by atoms with E-state index in [2.05, 4.69) is 77.6 Å². The van der Waals surface area contributed by atoms with E-state index in [1.165, 1.54) is 20.7 Å². The van der Waals surface area contributed by atoms with Crippen LogP contribution in [0.1, 0.15) is 80.9 Å². The number of anilines is 4. The van der Waals surface area contributed by atoms with E-state index in [4.69, 9.17) is 36.7 Å². The van der Waals surface area contributed by atoms with E-state index in [1.54, 1.807) is 55.1 Å². The van der Waals surface area contributed by atoms with Gasteiger partial charge in [-0.15, -0.1) is 22.7 Å². The van der Waals surface area contributed by atoms with Crippen LogP contribution in [0.15, 0.2) is 130 Å². The summed E-state index contributed by atoms with van der Waals surface area (Å²) in [5, 5.41) is 29.3. The van der Waals surface area contributed by atoms with Crippen molar-refractivity contribution < 1.29 is 38.5 Å². The van der Waals surface area contributed by atoms with Crippen molar-refractivity contribution in [2.45, 2.75) is 79.1 Å². The summed E-state index contributed by atoms with van der Waals surface area (Å²) in [6, 6.07) is 30.3. The maximum absolute atomic E-state index is 12.3. The Morgan fingerprint density at radius 2 is 1.39 bits per heavy atom. The van der Waals surface area contributed by atoms with E-state index in [0.717, 1.165) is 87.8 Å². The van der Waals surface area contributed by atoms with Crippen LogP contribution in [-0.4, -0.2) is 104 Å². The number of carboxylic acid groups (broad SMARTS) is 1. The fourth-order valence-electron chi connectivity index (χ4n) is 7.83. The molecule has 83 heavy (non-hydrogen) atoms. The van der Waals surface area contributed by atoms with Gasteiger partial charge in [0, 0.05) is 72.5 Å². The molecule has 25 heteroatoms. The van der Waals surface area contributed by atoms with Crippen molar-refractivity contribution in [3.05, 3.63) is 152 Å². The van der Waals surface area contributed by atoms with Gasteiger partial charge in [-0.25, -0.2) is 34.3 Å². The van der Waals surface area contributed by atoms with E-state index in [-0.39, 0.29) is 11.1 Å². The Morgan fingerprint density at radius 1 is 0.771 bits per heavy atom. The summed E-state index contributed by atoms with van der Waals surface area (Å²) in [6.45, 7) is 16.0. The number of halogens is 3. The molecule has 0 bridgehead atoms. The van der Waals surface area contributed by atoms with E-state index in [1.807, 2.05) is 133 Å². The number of ether oxygens (including phenoxy) is 3. The smallest absolute Gasteiger partial charge is 0.435 e. The molecule has 0 radical (unpaired) electrons. The predicted molar refractivity (Wildman–Crippen MR) is 334 cm³/mol. The minimum Gasteiger partial charge on any atom is -0.477 e. The topological polar surface area (TPSA) is 269 Å². The zero-order chi connectivity index (χ0) is 59.8. The molecule has 20 nitrogen and oxygen atoms in total. The van der Waals surface area contributed by atoms with E-state index >= 15 is 0 Å². The van der Waals surface area contributed by atoms with Gasteiger partial charge in [0.05, 0.1) is 45.9 Å². The van der Waals surface area contributed by atoms with Gasteiger partial charge in [-0.2, -0.15) is 19.6 Å². The van der Waals surface area contributed by atoms with Gasteiger partial charge >= 0.3 is 18.2 Å². The number of carbonyl (C=O) groups is 4. The third-order valence-corrected chi connectivity index (χ3v) is 14.6. The van der Waals surface area contributed by atoms with Gasteiger partial charge in [0.15, 0.2) is 11.6 Å². The average Bonchev–Trinajstić information content (AvgIpc) is 4.38. The molecule has 430 valence electrons. The molecule has 11 aromatic rings. The highest BCUT2D eigenvalue weighted by Crippen LogP contribution is 2.31. The van der Waals surface area contributed by atoms with Crippen LogP contribution >= 0.6 is 66.1 Å². The Bertz CT molecular complexity index is 4050. The van der Waals surface area contributed by atoms with Crippen LogP contribution in [0.5, 0.6) is 0 Å². The molecule has 1 unspecified atom stereocenters. The van der Waals surface area contributed by atoms with E-state index in [0.29, 0.717) is 39.3 Å². The molecule has 1 aliphatic rings. The van der Waals surface area contributed by atoms with Crippen molar-refractivity contribution in [2.24, 2.45) is 5.73 Å². The zero-order valence-corrected chi connectivity index (χ0v) is 51.7. The summed E-state index contributed by atoms with van der Waals surface area (Å²) in [5.41, 5.74) is 9.83. The predicted octanol–water partition coefficient (Wildman–Crippen LogP) is 15.1. The number of nitrogens with two attached hydrogens (primary N) is 1. The lowest BCUT2D eigenvalue weighted by Crippen LogP contribution is -2.27. The lowest BCUT2D eigenvalue weighted by atomic mass is 10.2. The van der Waals surface area contributed by atoms with Gasteiger partial charge in [0.25, 0.3) is 0 Å². The molecule has 1 saturated heterocycles. The minimum absolute atomic E-state index is 0.0623. The molecule has 0 aliphatic carbocycles. The number of H-pyrrole nitrogens is 1. The van der Waals surface area contributed by atoms with Crippen LogP contribution < -0.4 is 16.4 Å². The van der Waals surface area contributed by atoms with Gasteiger partial charge in [-0.05, 0) is 162 Å². The number of carbonyl (C=O) groups excluding carboxylic acids is 3. The lowest BCUT2D eigenvalue weighted by Gasteiger charge is -2.19. The summed E-state index contributed by atoms with van der Waals surface area (Å²) in [4.78, 5) is 66.5. The number of thiophene rings is 2. The van der Waals surface area contributed by atoms with Crippen LogP contribution in [-0.2, 0) is 14.2 Å². The van der Waals surface area contributed by atoms with Gasteiger partial charge in [0.1, 0.15) is 27.7 Å². The van der Waals surface area contributed by atoms with E-state index < -0.39 is 29.4 Å². The number of carboxylic acids is 1. The summed E-state index contributed by atoms with van der Waals surface area (Å²) < 4.78 is 22.2. The van der Waals surface area contributed by atoms with Crippen molar-refractivity contribution in [3.63, 3.8) is 0 Å². The van der Waals surface area contributed by atoms with E-state index in [9.17, 15) is 19.2 Å². The number of hydrogen-bond donors (Lipinski definition) is 5. The standard InChI is InChI=1S/C19H19N5O2S.C16H16ClN5O2.C10H8BrNO.C9H5BrO2S.C4H9NO/c1-11-21-14-7-8-27-16(14)17(22-11)23-13-5-6-15-12(9-13)10-20-24(15)18(25)26-19(2,3)4;1-16(2,3)24-15(23)22-12-5-4-11(8-10(12)9-19-22)20-13-6-7-18-14(17)21-13;1-6(13)9-4-7-2-3-8(11)5-10(7)12-9;10-6-2-1-5-3-8(9(11)12)13-7(5)4-6;5-4-1-2-6-3-4/h5-10H,1-4H3,(H,21,22,23);4-9H,1-3H3,(H,18,20,21);2-5,12H,1H3;1-4H,(H,11,12);4H,1-3,5H2. The SMILES string of the molecule is CC(=O)c1cc2ccc(Br)cc2[nH]1.CC(C)(C)OC(=O)n1ncc2cc(Nc3ccnc(Cl)n3)ccc21.Cc1nc(Nc2ccc3c(cnn3C(=O)OC(C)(C)C)c2)c2sccc2n1.NC1CCOC1.O=C(O)c1cc2ccc(Br)cc2s1. The highest BCUT2D eigenvalue weighted by atomic mass is 79.9. The third kappa shape index (κ3) is 17.0. The number of Topliss-reactive ketones (excluding diaryl/α,β-unsaturated/α-hetero) is 1. The number of ketones is 1. The fourth-order valence-corrected chi connectivity index (χ4v) is 10.6. The van der Waals surface area contributed by atoms with Gasteiger partial charge in [-0.3, -0.25) is 4.79 Å². The van der Waals surface area contributed by atoms with Crippen molar-refractivity contribution in [3.8, 4) is 0 Å². The first-order chi connectivity index (χ1) is 39.3. The number of rotatable bonds is 6. The van der Waals surface area contributed by atoms with Crippen molar-refractivity contribution >= 4 is 166 Å². The minimum atomic E-state index is -0.864. The fraction of sp³-hybridized carbons (Fsp3) is 0.241. The second kappa shape index (κ2) is 26.7. The molecule has 1 aliphatic heterocycles. The van der Waals surface area contributed by atoms with Crippen LogP contribution in [0.2, 0.25) is 5.28 Å². The molecular weight excluding hydrogens is 1250 g/mol. The molecule has 0 saturated carbocycles. The van der Waals surface area contributed by atoms with Crippen LogP contribution in [0.4, 0.5) is 32.6 Å². The van der Waals surface area contributed by atoms with Crippen molar-refractivity contribution in [1.82, 2.24) is 44.5 Å². The number of benzene rings is 4. The van der Waals surface area contributed by atoms with Crippen LogP contribution in [0, 0.1) is 6.92 Å². The molecule has 0 amide bonds. The number of nitrogens with zero attached hydrogens (tertiary/aromatic N) is 8. The normalized spacial score (nSPS) is 13.0. The third-order valence-electron chi connectivity index (χ3n) is 11.5. The Kier molecular flexibility index (Phi) is 19.7. The first-order valence-electron chi connectivity index (χ1n) is 25.6. The van der Waals surface area contributed by atoms with Crippen molar-refractivity contribution in [2.75, 3.05) is 23.8 Å². The van der Waals surface area contributed by atoms with Gasteiger partial charge in [0.2, 0.25) is 5.28 Å². The van der Waals surface area contributed by atoms with Gasteiger partial charge in [-0.1, -0.05) is 44.0 Å². The monoisotopic (exact) mass is 1310 g/mol. The first kappa shape index (κ1) is 61.4. The Labute approximate surface area is 506 Å². The number of aryl methyl sites for hydroxylation is 1. The molecule has 4 aromatic carbocycles. The molecular formula is C58H57Br2ClN12O8S2. The van der Waals surface area contributed by atoms with Crippen molar-refractivity contribution in [1.29, 1.82) is 0 Å². The van der Waals surface area contributed by atoms with Gasteiger partial charge < -0.3 is 40.7 Å². The zero-order valence-electron chi connectivity index (χ0n) is 46.2. The highest BCUT2D eigenvalue weighted by molar-refractivity contribution is 9.10. The Morgan fingerprint density at radius 3 is 1.94 bits per heavy atom. The summed E-state index contributed by atoms with van der Waals surface area (Å²) in [7, 11) is 0. The second-order valence-corrected chi connectivity index (χ2v) is 24.7. The molecule has 12 rings (SSSR count). The maximum atomic E-state index is 12.3. The summed E-state index contributed by atoms with van der Waals surface area (Å²) in [6.07, 6.45) is 4.86. The number of aromatic amines is 1. The summed E-state index contributed by atoms with van der Waals surface area (Å²) in [5.74, 6) is 1.26. The molecule has 8 heterocycles. The number of fused-ring (bicyclic) bond motifs is 5. The molecule has 1 fully saturated rings. The lowest BCUT2D eigenvalue weighted by molar-refractivity contribution is 0.0511. The quantitative estimate of drug-likeness (QED) is 0.0765. The number of aromatic carboxylic acids is 1. The average molecular weight is 1310 g/mol.